The van der Waals surface area contributed by atoms with Crippen LogP contribution in [0.5, 0.6) is 0 Å². The second-order valence-electron chi connectivity index (χ2n) is 6.10. The molecule has 1 aliphatic carbocycles. The molecule has 1 aliphatic rings. The minimum Gasteiger partial charge on any atom is -0.367 e. The van der Waals surface area contributed by atoms with Crippen LogP contribution in [0.3, 0.4) is 0 Å². The first-order valence-corrected chi connectivity index (χ1v) is 8.24. The van der Waals surface area contributed by atoms with Gasteiger partial charge in [0.1, 0.15) is 5.82 Å². The van der Waals surface area contributed by atoms with Gasteiger partial charge in [0.15, 0.2) is 0 Å². The van der Waals surface area contributed by atoms with Gasteiger partial charge in [-0.3, -0.25) is 0 Å². The molecule has 3 unspecified atom stereocenters. The summed E-state index contributed by atoms with van der Waals surface area (Å²) in [7, 11) is 0. The zero-order valence-electron chi connectivity index (χ0n) is 12.1. The van der Waals surface area contributed by atoms with E-state index in [9.17, 15) is 0 Å². The Hall–Kier alpha value is -1.09. The maximum absolute atomic E-state index is 4.55. The van der Waals surface area contributed by atoms with Gasteiger partial charge in [0.2, 0.25) is 0 Å². The number of hydrogen-bond donors (Lipinski definition) is 1. The molecule has 3 atom stereocenters. The minimum atomic E-state index is 0.554. The summed E-state index contributed by atoms with van der Waals surface area (Å²) < 4.78 is 1.13. The molecule has 2 nitrogen and oxygen atoms in total. The van der Waals surface area contributed by atoms with Crippen molar-refractivity contribution in [3.8, 4) is 0 Å². The Kier molecular flexibility index (Phi) is 3.97. The van der Waals surface area contributed by atoms with Gasteiger partial charge < -0.3 is 5.32 Å². The summed E-state index contributed by atoms with van der Waals surface area (Å²) in [4.78, 5) is 4.55. The lowest BCUT2D eigenvalue weighted by molar-refractivity contribution is 0.260. The van der Waals surface area contributed by atoms with Crippen molar-refractivity contribution in [2.75, 3.05) is 5.32 Å². The Balaban J connectivity index is 1.86. The van der Waals surface area contributed by atoms with Gasteiger partial charge in [0.25, 0.3) is 0 Å². The van der Waals surface area contributed by atoms with E-state index in [1.807, 2.05) is 6.20 Å². The van der Waals surface area contributed by atoms with Crippen LogP contribution in [0.1, 0.15) is 33.1 Å². The summed E-state index contributed by atoms with van der Waals surface area (Å²) in [6, 6.07) is 8.92. The monoisotopic (exact) mass is 332 g/mol. The van der Waals surface area contributed by atoms with Crippen molar-refractivity contribution in [3.63, 3.8) is 0 Å². The van der Waals surface area contributed by atoms with E-state index < -0.39 is 0 Å². The lowest BCUT2D eigenvalue weighted by atomic mass is 9.79. The molecular weight excluding hydrogens is 312 g/mol. The highest BCUT2D eigenvalue weighted by molar-refractivity contribution is 9.10. The summed E-state index contributed by atoms with van der Waals surface area (Å²) in [5.41, 5.74) is 0. The molecular formula is C17H21BrN2. The number of anilines is 1. The van der Waals surface area contributed by atoms with E-state index in [1.165, 1.54) is 30.0 Å². The minimum absolute atomic E-state index is 0.554. The van der Waals surface area contributed by atoms with Gasteiger partial charge in [-0.25, -0.2) is 4.98 Å². The molecule has 0 amide bonds. The molecule has 1 aromatic heterocycles. The highest BCUT2D eigenvalue weighted by atomic mass is 79.9. The smallest absolute Gasteiger partial charge is 0.134 e. The molecule has 3 heteroatoms. The maximum Gasteiger partial charge on any atom is 0.134 e. The first-order valence-electron chi connectivity index (χ1n) is 7.45. The Morgan fingerprint density at radius 3 is 2.75 bits per heavy atom. The number of pyridine rings is 1. The van der Waals surface area contributed by atoms with Crippen molar-refractivity contribution in [3.05, 3.63) is 34.9 Å². The Bertz CT molecular complexity index is 611. The van der Waals surface area contributed by atoms with Crippen LogP contribution in [-0.4, -0.2) is 11.0 Å². The SMILES string of the molecule is CC1CCC(Nc2nccc3c(Br)cccc23)CC1C. The fourth-order valence-corrected chi connectivity index (χ4v) is 3.65. The topological polar surface area (TPSA) is 24.9 Å². The van der Waals surface area contributed by atoms with E-state index in [-0.39, 0.29) is 0 Å². The highest BCUT2D eigenvalue weighted by Gasteiger charge is 2.24. The van der Waals surface area contributed by atoms with Gasteiger partial charge in [-0.15, -0.1) is 0 Å². The molecule has 106 valence electrons. The van der Waals surface area contributed by atoms with Crippen molar-refractivity contribution in [2.24, 2.45) is 11.8 Å². The summed E-state index contributed by atoms with van der Waals surface area (Å²) in [6.45, 7) is 4.74. The average molecular weight is 333 g/mol. The van der Waals surface area contributed by atoms with E-state index in [4.69, 9.17) is 0 Å². The zero-order valence-corrected chi connectivity index (χ0v) is 13.7. The molecule has 1 N–H and O–H groups in total. The van der Waals surface area contributed by atoms with Gasteiger partial charge in [-0.2, -0.15) is 0 Å². The van der Waals surface area contributed by atoms with E-state index in [1.54, 1.807) is 0 Å². The Labute approximate surface area is 129 Å². The van der Waals surface area contributed by atoms with Crippen molar-refractivity contribution in [1.82, 2.24) is 4.98 Å². The summed E-state index contributed by atoms with van der Waals surface area (Å²) in [5, 5.41) is 6.10. The van der Waals surface area contributed by atoms with Gasteiger partial charge in [-0.05, 0) is 43.2 Å². The molecule has 0 spiro atoms. The molecule has 1 fully saturated rings. The third-order valence-electron chi connectivity index (χ3n) is 4.69. The standard InChI is InChI=1S/C17H21BrN2/c1-11-6-7-13(10-12(11)2)20-17-15-4-3-5-16(18)14(15)8-9-19-17/h3-5,8-9,11-13H,6-7,10H2,1-2H3,(H,19,20). The third-order valence-corrected chi connectivity index (χ3v) is 5.38. The molecule has 0 aliphatic heterocycles. The lowest BCUT2D eigenvalue weighted by Crippen LogP contribution is -2.30. The van der Waals surface area contributed by atoms with Crippen LogP contribution >= 0.6 is 15.9 Å². The molecule has 0 saturated heterocycles. The molecule has 2 aromatic rings. The van der Waals surface area contributed by atoms with Gasteiger partial charge >= 0.3 is 0 Å². The normalized spacial score (nSPS) is 26.6. The lowest BCUT2D eigenvalue weighted by Gasteiger charge is -2.33. The summed E-state index contributed by atoms with van der Waals surface area (Å²) in [5.74, 6) is 2.67. The molecule has 20 heavy (non-hydrogen) atoms. The van der Waals surface area contributed by atoms with E-state index >= 15 is 0 Å². The van der Waals surface area contributed by atoms with Crippen molar-refractivity contribution in [2.45, 2.75) is 39.2 Å². The fraction of sp³-hybridized carbons (Fsp3) is 0.471. The van der Waals surface area contributed by atoms with Crippen LogP contribution in [0.25, 0.3) is 10.8 Å². The zero-order chi connectivity index (χ0) is 14.1. The summed E-state index contributed by atoms with van der Waals surface area (Å²) in [6.07, 6.45) is 5.70. The quantitative estimate of drug-likeness (QED) is 0.813. The van der Waals surface area contributed by atoms with E-state index in [2.05, 4.69) is 64.3 Å². The maximum atomic E-state index is 4.55. The average Bonchev–Trinajstić information content (AvgIpc) is 2.44. The number of fused-ring (bicyclic) bond motifs is 1. The Morgan fingerprint density at radius 2 is 1.95 bits per heavy atom. The van der Waals surface area contributed by atoms with Crippen molar-refractivity contribution < 1.29 is 0 Å². The van der Waals surface area contributed by atoms with Crippen LogP contribution in [0.15, 0.2) is 34.9 Å². The molecule has 1 saturated carbocycles. The first-order chi connectivity index (χ1) is 9.65. The van der Waals surface area contributed by atoms with Crippen LogP contribution in [-0.2, 0) is 0 Å². The fourth-order valence-electron chi connectivity index (χ4n) is 3.16. The highest BCUT2D eigenvalue weighted by Crippen LogP contribution is 2.33. The second kappa shape index (κ2) is 5.72. The van der Waals surface area contributed by atoms with Crippen LogP contribution in [0.2, 0.25) is 0 Å². The number of hydrogen-bond acceptors (Lipinski definition) is 2. The number of aromatic nitrogens is 1. The van der Waals surface area contributed by atoms with Crippen LogP contribution < -0.4 is 5.32 Å². The number of nitrogens with zero attached hydrogens (tertiary/aromatic N) is 1. The third kappa shape index (κ3) is 2.69. The largest absolute Gasteiger partial charge is 0.367 e. The number of rotatable bonds is 2. The molecule has 0 radical (unpaired) electrons. The molecule has 0 bridgehead atoms. The molecule has 1 aromatic carbocycles. The first kappa shape index (κ1) is 13.9. The van der Waals surface area contributed by atoms with E-state index in [0.29, 0.717) is 6.04 Å². The van der Waals surface area contributed by atoms with Crippen molar-refractivity contribution >= 4 is 32.5 Å². The number of halogens is 1. The predicted molar refractivity (Wildman–Crippen MR) is 89.0 cm³/mol. The molecule has 1 heterocycles. The number of nitrogens with one attached hydrogen (secondary N) is 1. The van der Waals surface area contributed by atoms with Gasteiger partial charge in [0, 0.05) is 27.5 Å². The molecule has 3 rings (SSSR count). The van der Waals surface area contributed by atoms with Crippen LogP contribution in [0, 0.1) is 11.8 Å². The predicted octanol–water partition coefficient (Wildman–Crippen LogP) is 5.23. The number of benzene rings is 1. The van der Waals surface area contributed by atoms with Crippen LogP contribution in [0.4, 0.5) is 5.82 Å². The Morgan fingerprint density at radius 1 is 1.10 bits per heavy atom. The van der Waals surface area contributed by atoms with Gasteiger partial charge in [-0.1, -0.05) is 41.9 Å². The van der Waals surface area contributed by atoms with E-state index in [0.717, 1.165) is 22.1 Å². The van der Waals surface area contributed by atoms with Gasteiger partial charge in [0.05, 0.1) is 0 Å². The summed E-state index contributed by atoms with van der Waals surface area (Å²) >= 11 is 3.62. The second-order valence-corrected chi connectivity index (χ2v) is 6.96. The van der Waals surface area contributed by atoms with Crippen molar-refractivity contribution in [1.29, 1.82) is 0 Å².